The molecular weight excluding hydrogens is 226 g/mol. The molecule has 4 nitrogen and oxygen atoms in total. The van der Waals surface area contributed by atoms with E-state index in [0.717, 1.165) is 33.5 Å². The van der Waals surface area contributed by atoms with Crippen LogP contribution in [0.15, 0.2) is 36.7 Å². The highest BCUT2D eigenvalue weighted by Gasteiger charge is 2.06. The lowest BCUT2D eigenvalue weighted by Crippen LogP contribution is -1.84. The number of H-pyrrole nitrogens is 1. The van der Waals surface area contributed by atoms with Crippen molar-refractivity contribution in [2.45, 2.75) is 13.5 Å². The van der Waals surface area contributed by atoms with Crippen LogP contribution in [0.4, 0.5) is 0 Å². The van der Waals surface area contributed by atoms with Gasteiger partial charge in [-0.2, -0.15) is 0 Å². The number of fused-ring (bicyclic) bond motifs is 1. The largest absolute Gasteiger partial charge is 0.392 e. The fourth-order valence-electron chi connectivity index (χ4n) is 2.01. The van der Waals surface area contributed by atoms with Crippen molar-refractivity contribution in [2.75, 3.05) is 0 Å². The first-order chi connectivity index (χ1) is 8.78. The fraction of sp³-hybridized carbons (Fsp3) is 0.143. The maximum Gasteiger partial charge on any atom is 0.141 e. The molecule has 0 radical (unpaired) electrons. The van der Waals surface area contributed by atoms with Crippen LogP contribution < -0.4 is 0 Å². The second kappa shape index (κ2) is 4.23. The lowest BCUT2D eigenvalue weighted by Gasteiger charge is -1.99. The normalized spacial score (nSPS) is 11.0. The summed E-state index contributed by atoms with van der Waals surface area (Å²) >= 11 is 0. The summed E-state index contributed by atoms with van der Waals surface area (Å²) in [5.74, 6) is 0. The van der Waals surface area contributed by atoms with Gasteiger partial charge < -0.3 is 10.1 Å². The molecule has 0 bridgehead atoms. The standard InChI is InChI=1S/C14H13N3O/c1-9-12-6-13(17-14(12)16-8-15-9)11-4-2-10(7-18)3-5-11/h2-6,8,18H,7H2,1H3,(H,15,16,17). The average molecular weight is 239 g/mol. The third kappa shape index (κ3) is 1.76. The Morgan fingerprint density at radius 1 is 1.17 bits per heavy atom. The molecule has 3 rings (SSSR count). The molecule has 2 heterocycles. The number of hydrogen-bond donors (Lipinski definition) is 2. The van der Waals surface area contributed by atoms with Crippen molar-refractivity contribution >= 4 is 11.0 Å². The summed E-state index contributed by atoms with van der Waals surface area (Å²) in [5.41, 5.74) is 4.81. The van der Waals surface area contributed by atoms with E-state index in [0.29, 0.717) is 0 Å². The van der Waals surface area contributed by atoms with E-state index in [9.17, 15) is 0 Å². The highest BCUT2D eigenvalue weighted by atomic mass is 16.3. The number of benzene rings is 1. The van der Waals surface area contributed by atoms with Gasteiger partial charge in [-0.1, -0.05) is 24.3 Å². The summed E-state index contributed by atoms with van der Waals surface area (Å²) in [6.45, 7) is 2.04. The van der Waals surface area contributed by atoms with Gasteiger partial charge in [-0.25, -0.2) is 9.97 Å². The monoisotopic (exact) mass is 239 g/mol. The van der Waals surface area contributed by atoms with Crippen LogP contribution in [0.1, 0.15) is 11.3 Å². The molecule has 2 N–H and O–H groups in total. The van der Waals surface area contributed by atoms with Gasteiger partial charge in [0.2, 0.25) is 0 Å². The Kier molecular flexibility index (Phi) is 2.57. The van der Waals surface area contributed by atoms with Crippen LogP contribution in [-0.4, -0.2) is 20.1 Å². The first kappa shape index (κ1) is 10.9. The lowest BCUT2D eigenvalue weighted by atomic mass is 10.1. The van der Waals surface area contributed by atoms with Crippen molar-refractivity contribution < 1.29 is 5.11 Å². The molecule has 0 fully saturated rings. The van der Waals surface area contributed by atoms with Gasteiger partial charge in [0, 0.05) is 11.1 Å². The summed E-state index contributed by atoms with van der Waals surface area (Å²) in [6, 6.07) is 9.86. The van der Waals surface area contributed by atoms with Gasteiger partial charge in [-0.3, -0.25) is 0 Å². The summed E-state index contributed by atoms with van der Waals surface area (Å²) < 4.78 is 0. The van der Waals surface area contributed by atoms with Gasteiger partial charge in [0.05, 0.1) is 12.3 Å². The highest BCUT2D eigenvalue weighted by Crippen LogP contribution is 2.24. The average Bonchev–Trinajstić information content (AvgIpc) is 2.84. The van der Waals surface area contributed by atoms with Crippen LogP contribution in [-0.2, 0) is 6.61 Å². The van der Waals surface area contributed by atoms with Crippen molar-refractivity contribution in [1.29, 1.82) is 0 Å². The Balaban J connectivity index is 2.10. The van der Waals surface area contributed by atoms with E-state index in [-0.39, 0.29) is 6.61 Å². The number of aromatic amines is 1. The molecule has 2 aromatic heterocycles. The van der Waals surface area contributed by atoms with E-state index in [4.69, 9.17) is 5.11 Å². The van der Waals surface area contributed by atoms with Gasteiger partial charge in [0.25, 0.3) is 0 Å². The number of hydrogen-bond acceptors (Lipinski definition) is 3. The molecule has 4 heteroatoms. The second-order valence-electron chi connectivity index (χ2n) is 4.26. The topological polar surface area (TPSA) is 61.8 Å². The maximum atomic E-state index is 9.02. The zero-order valence-corrected chi connectivity index (χ0v) is 10.0. The summed E-state index contributed by atoms with van der Waals surface area (Å²) in [6.07, 6.45) is 1.56. The van der Waals surface area contributed by atoms with Gasteiger partial charge in [-0.05, 0) is 24.1 Å². The molecule has 90 valence electrons. The molecule has 0 spiro atoms. The number of aromatic nitrogens is 3. The Bertz CT molecular complexity index is 686. The van der Waals surface area contributed by atoms with Gasteiger partial charge in [0.1, 0.15) is 12.0 Å². The zero-order valence-electron chi connectivity index (χ0n) is 10.0. The third-order valence-electron chi connectivity index (χ3n) is 3.07. The van der Waals surface area contributed by atoms with Gasteiger partial charge >= 0.3 is 0 Å². The maximum absolute atomic E-state index is 9.02. The van der Waals surface area contributed by atoms with E-state index in [1.54, 1.807) is 6.33 Å². The SMILES string of the molecule is Cc1ncnc2[nH]c(-c3ccc(CO)cc3)cc12. The van der Waals surface area contributed by atoms with Crippen molar-refractivity contribution in [3.05, 3.63) is 47.9 Å². The highest BCUT2D eigenvalue weighted by molar-refractivity contribution is 5.84. The summed E-state index contributed by atoms with van der Waals surface area (Å²) in [7, 11) is 0. The number of nitrogens with one attached hydrogen (secondary N) is 1. The molecule has 0 saturated heterocycles. The predicted octanol–water partition coefficient (Wildman–Crippen LogP) is 2.43. The molecule has 0 saturated carbocycles. The van der Waals surface area contributed by atoms with Crippen LogP contribution in [0, 0.1) is 6.92 Å². The Morgan fingerprint density at radius 2 is 1.94 bits per heavy atom. The van der Waals surface area contributed by atoms with Gasteiger partial charge in [-0.15, -0.1) is 0 Å². The molecule has 18 heavy (non-hydrogen) atoms. The van der Waals surface area contributed by atoms with Gasteiger partial charge in [0.15, 0.2) is 0 Å². The van der Waals surface area contributed by atoms with E-state index in [2.05, 4.69) is 21.0 Å². The van der Waals surface area contributed by atoms with Crippen molar-refractivity contribution in [2.24, 2.45) is 0 Å². The van der Waals surface area contributed by atoms with Crippen molar-refractivity contribution in [1.82, 2.24) is 15.0 Å². The minimum Gasteiger partial charge on any atom is -0.392 e. The van der Waals surface area contributed by atoms with Crippen LogP contribution in [0.25, 0.3) is 22.3 Å². The smallest absolute Gasteiger partial charge is 0.141 e. The molecule has 1 aromatic carbocycles. The van der Waals surface area contributed by atoms with Crippen molar-refractivity contribution in [3.8, 4) is 11.3 Å². The number of aliphatic hydroxyl groups is 1. The number of aliphatic hydroxyl groups excluding tert-OH is 1. The molecule has 0 aliphatic carbocycles. The Labute approximate surface area is 104 Å². The number of aryl methyl sites for hydroxylation is 1. The molecule has 0 unspecified atom stereocenters. The molecule has 0 atom stereocenters. The van der Waals surface area contributed by atoms with E-state index >= 15 is 0 Å². The summed E-state index contributed by atoms with van der Waals surface area (Å²) in [4.78, 5) is 11.7. The number of nitrogens with zero attached hydrogens (tertiary/aromatic N) is 2. The molecular formula is C14H13N3O. The molecule has 0 aliphatic rings. The van der Waals surface area contributed by atoms with Crippen LogP contribution in [0.2, 0.25) is 0 Å². The minimum atomic E-state index is 0.0670. The first-order valence-corrected chi connectivity index (χ1v) is 5.78. The van der Waals surface area contributed by atoms with Crippen LogP contribution in [0.3, 0.4) is 0 Å². The minimum absolute atomic E-state index is 0.0670. The molecule has 3 aromatic rings. The lowest BCUT2D eigenvalue weighted by molar-refractivity contribution is 0.282. The van der Waals surface area contributed by atoms with E-state index in [1.165, 1.54) is 0 Å². The van der Waals surface area contributed by atoms with Crippen LogP contribution >= 0.6 is 0 Å². The molecule has 0 amide bonds. The number of rotatable bonds is 2. The second-order valence-corrected chi connectivity index (χ2v) is 4.26. The van der Waals surface area contributed by atoms with E-state index in [1.807, 2.05) is 31.2 Å². The Hall–Kier alpha value is -2.20. The zero-order chi connectivity index (χ0) is 12.5. The first-order valence-electron chi connectivity index (χ1n) is 5.78. The summed E-state index contributed by atoms with van der Waals surface area (Å²) in [5, 5.41) is 10.1. The van der Waals surface area contributed by atoms with Crippen LogP contribution in [0.5, 0.6) is 0 Å². The quantitative estimate of drug-likeness (QED) is 0.722. The fourth-order valence-corrected chi connectivity index (χ4v) is 2.01. The molecule has 0 aliphatic heterocycles. The Morgan fingerprint density at radius 3 is 2.61 bits per heavy atom. The van der Waals surface area contributed by atoms with E-state index < -0.39 is 0 Å². The predicted molar refractivity (Wildman–Crippen MR) is 70.0 cm³/mol. The van der Waals surface area contributed by atoms with Crippen molar-refractivity contribution in [3.63, 3.8) is 0 Å². The third-order valence-corrected chi connectivity index (χ3v) is 3.07.